The third kappa shape index (κ3) is 4.70. The van der Waals surface area contributed by atoms with Crippen LogP contribution in [0.15, 0.2) is 36.4 Å². The molecule has 0 spiro atoms. The van der Waals surface area contributed by atoms with Crippen molar-refractivity contribution < 1.29 is 23.5 Å². The standard InChI is InChI=1S/C18H17ClFNO4/c1-10-4-5-12(8-14(10)20)18(23)25-11(2)17(22)21-15-9-13(19)6-7-16(15)24-3/h4-9,11H,1-3H3,(H,21,22)/t11-/m1/s1. The largest absolute Gasteiger partial charge is 0.495 e. The zero-order valence-corrected chi connectivity index (χ0v) is 14.7. The maximum atomic E-state index is 13.5. The molecule has 0 aromatic heterocycles. The summed E-state index contributed by atoms with van der Waals surface area (Å²) in [6, 6.07) is 8.71. The molecule has 0 unspecified atom stereocenters. The molecular formula is C18H17ClFNO4. The molecule has 2 aromatic carbocycles. The first-order valence-corrected chi connectivity index (χ1v) is 7.81. The van der Waals surface area contributed by atoms with Crippen LogP contribution in [-0.2, 0) is 9.53 Å². The maximum absolute atomic E-state index is 13.5. The SMILES string of the molecule is COc1ccc(Cl)cc1NC(=O)[C@@H](C)OC(=O)c1ccc(C)c(F)c1. The van der Waals surface area contributed by atoms with E-state index in [9.17, 15) is 14.0 Å². The molecule has 2 aromatic rings. The van der Waals surface area contributed by atoms with Crippen molar-refractivity contribution in [2.75, 3.05) is 12.4 Å². The predicted molar refractivity (Wildman–Crippen MR) is 92.6 cm³/mol. The molecular weight excluding hydrogens is 349 g/mol. The first-order valence-electron chi connectivity index (χ1n) is 7.43. The average Bonchev–Trinajstić information content (AvgIpc) is 2.57. The summed E-state index contributed by atoms with van der Waals surface area (Å²) in [5.74, 6) is -1.46. The molecule has 0 aliphatic heterocycles. The van der Waals surface area contributed by atoms with Crippen LogP contribution in [0.5, 0.6) is 5.75 Å². The summed E-state index contributed by atoms with van der Waals surface area (Å²) in [6.07, 6.45) is -1.10. The van der Waals surface area contributed by atoms with Gasteiger partial charge in [0.05, 0.1) is 18.4 Å². The summed E-state index contributed by atoms with van der Waals surface area (Å²) in [6.45, 7) is 2.99. The highest BCUT2D eigenvalue weighted by Crippen LogP contribution is 2.27. The van der Waals surface area contributed by atoms with E-state index in [1.165, 1.54) is 32.2 Å². The molecule has 0 aliphatic carbocycles. The zero-order valence-electron chi connectivity index (χ0n) is 13.9. The fourth-order valence-electron chi connectivity index (χ4n) is 2.01. The van der Waals surface area contributed by atoms with E-state index in [0.717, 1.165) is 6.07 Å². The van der Waals surface area contributed by atoms with Crippen LogP contribution in [0, 0.1) is 12.7 Å². The number of carbonyl (C=O) groups excluding carboxylic acids is 2. The van der Waals surface area contributed by atoms with Crippen molar-refractivity contribution in [3.63, 3.8) is 0 Å². The van der Waals surface area contributed by atoms with Crippen LogP contribution in [-0.4, -0.2) is 25.1 Å². The van der Waals surface area contributed by atoms with E-state index in [1.807, 2.05) is 0 Å². The van der Waals surface area contributed by atoms with Crippen molar-refractivity contribution >= 4 is 29.2 Å². The number of hydrogen-bond donors (Lipinski definition) is 1. The molecule has 1 amide bonds. The Hall–Kier alpha value is -2.60. The van der Waals surface area contributed by atoms with Crippen LogP contribution < -0.4 is 10.1 Å². The number of amides is 1. The number of nitrogens with one attached hydrogen (secondary N) is 1. The van der Waals surface area contributed by atoms with Gasteiger partial charge in [-0.15, -0.1) is 0 Å². The number of methoxy groups -OCH3 is 1. The van der Waals surface area contributed by atoms with Gasteiger partial charge in [0, 0.05) is 5.02 Å². The van der Waals surface area contributed by atoms with E-state index in [-0.39, 0.29) is 5.56 Å². The number of benzene rings is 2. The topological polar surface area (TPSA) is 64.6 Å². The summed E-state index contributed by atoms with van der Waals surface area (Å²) in [4.78, 5) is 24.3. The number of hydrogen-bond acceptors (Lipinski definition) is 4. The molecule has 0 saturated heterocycles. The second kappa shape index (κ2) is 7.98. The van der Waals surface area contributed by atoms with E-state index in [2.05, 4.69) is 5.32 Å². The highest BCUT2D eigenvalue weighted by molar-refractivity contribution is 6.31. The Balaban J connectivity index is 2.06. The highest BCUT2D eigenvalue weighted by Gasteiger charge is 2.21. The van der Waals surface area contributed by atoms with Gasteiger partial charge in [-0.3, -0.25) is 4.79 Å². The van der Waals surface area contributed by atoms with E-state index < -0.39 is 23.8 Å². The number of aryl methyl sites for hydroxylation is 1. The minimum Gasteiger partial charge on any atom is -0.495 e. The quantitative estimate of drug-likeness (QED) is 0.814. The molecule has 132 valence electrons. The molecule has 0 saturated carbocycles. The minimum atomic E-state index is -1.10. The molecule has 0 heterocycles. The fourth-order valence-corrected chi connectivity index (χ4v) is 2.19. The third-order valence-electron chi connectivity index (χ3n) is 3.48. The van der Waals surface area contributed by atoms with Crippen LogP contribution >= 0.6 is 11.6 Å². The Morgan fingerprint density at radius 1 is 1.20 bits per heavy atom. The Kier molecular flexibility index (Phi) is 5.98. The fraction of sp³-hybridized carbons (Fsp3) is 0.222. The van der Waals surface area contributed by atoms with Crippen LogP contribution in [0.25, 0.3) is 0 Å². The molecule has 5 nitrogen and oxygen atoms in total. The van der Waals surface area contributed by atoms with Gasteiger partial charge in [0.25, 0.3) is 5.91 Å². The van der Waals surface area contributed by atoms with Gasteiger partial charge in [0.1, 0.15) is 11.6 Å². The monoisotopic (exact) mass is 365 g/mol. The van der Waals surface area contributed by atoms with Gasteiger partial charge < -0.3 is 14.8 Å². The van der Waals surface area contributed by atoms with E-state index in [4.69, 9.17) is 21.1 Å². The van der Waals surface area contributed by atoms with Gasteiger partial charge in [0.2, 0.25) is 0 Å². The number of rotatable bonds is 5. The minimum absolute atomic E-state index is 0.0306. The Morgan fingerprint density at radius 2 is 1.92 bits per heavy atom. The number of ether oxygens (including phenoxy) is 2. The zero-order chi connectivity index (χ0) is 18.6. The smallest absolute Gasteiger partial charge is 0.339 e. The van der Waals surface area contributed by atoms with Crippen molar-refractivity contribution in [3.05, 3.63) is 58.4 Å². The van der Waals surface area contributed by atoms with Crippen LogP contribution in [0.4, 0.5) is 10.1 Å². The maximum Gasteiger partial charge on any atom is 0.339 e. The van der Waals surface area contributed by atoms with Gasteiger partial charge in [-0.25, -0.2) is 9.18 Å². The molecule has 2 rings (SSSR count). The van der Waals surface area contributed by atoms with Crippen LogP contribution in [0.2, 0.25) is 5.02 Å². The Morgan fingerprint density at radius 3 is 2.56 bits per heavy atom. The molecule has 0 radical (unpaired) electrons. The number of carbonyl (C=O) groups is 2. The lowest BCUT2D eigenvalue weighted by Crippen LogP contribution is -2.30. The summed E-state index contributed by atoms with van der Waals surface area (Å²) in [5, 5.41) is 2.99. The van der Waals surface area contributed by atoms with Gasteiger partial charge >= 0.3 is 5.97 Å². The lowest BCUT2D eigenvalue weighted by Gasteiger charge is -2.15. The van der Waals surface area contributed by atoms with Crippen molar-refractivity contribution in [2.45, 2.75) is 20.0 Å². The number of anilines is 1. The summed E-state index contributed by atoms with van der Waals surface area (Å²) in [5.41, 5.74) is 0.794. The second-order valence-corrected chi connectivity index (χ2v) is 5.78. The summed E-state index contributed by atoms with van der Waals surface area (Å²) in [7, 11) is 1.45. The molecule has 0 aliphatic rings. The predicted octanol–water partition coefficient (Wildman–Crippen LogP) is 3.98. The Bertz CT molecular complexity index is 810. The molecule has 1 N–H and O–H groups in total. The highest BCUT2D eigenvalue weighted by atomic mass is 35.5. The van der Waals surface area contributed by atoms with Crippen molar-refractivity contribution in [3.8, 4) is 5.75 Å². The lowest BCUT2D eigenvalue weighted by atomic mass is 10.1. The van der Waals surface area contributed by atoms with Crippen LogP contribution in [0.1, 0.15) is 22.8 Å². The van der Waals surface area contributed by atoms with Gasteiger partial charge in [0.15, 0.2) is 6.10 Å². The average molecular weight is 366 g/mol. The van der Waals surface area contributed by atoms with E-state index in [1.54, 1.807) is 19.1 Å². The third-order valence-corrected chi connectivity index (χ3v) is 3.72. The molecule has 0 bridgehead atoms. The molecule has 1 atom stereocenters. The first kappa shape index (κ1) is 18.7. The Labute approximate surface area is 149 Å². The van der Waals surface area contributed by atoms with Crippen molar-refractivity contribution in [2.24, 2.45) is 0 Å². The molecule has 0 fully saturated rings. The van der Waals surface area contributed by atoms with Gasteiger partial charge in [-0.05, 0) is 49.7 Å². The van der Waals surface area contributed by atoms with E-state index >= 15 is 0 Å². The summed E-state index contributed by atoms with van der Waals surface area (Å²) < 4.78 is 23.7. The van der Waals surface area contributed by atoms with E-state index in [0.29, 0.717) is 22.0 Å². The number of halogens is 2. The van der Waals surface area contributed by atoms with Crippen LogP contribution in [0.3, 0.4) is 0 Å². The van der Waals surface area contributed by atoms with Gasteiger partial charge in [-0.2, -0.15) is 0 Å². The lowest BCUT2D eigenvalue weighted by molar-refractivity contribution is -0.123. The summed E-state index contributed by atoms with van der Waals surface area (Å²) >= 11 is 5.90. The second-order valence-electron chi connectivity index (χ2n) is 5.35. The molecule has 25 heavy (non-hydrogen) atoms. The number of esters is 1. The normalized spacial score (nSPS) is 11.6. The van der Waals surface area contributed by atoms with Crippen molar-refractivity contribution in [1.29, 1.82) is 0 Å². The molecule has 7 heteroatoms. The van der Waals surface area contributed by atoms with Gasteiger partial charge in [-0.1, -0.05) is 17.7 Å². The van der Waals surface area contributed by atoms with Crippen molar-refractivity contribution in [1.82, 2.24) is 0 Å². The first-order chi connectivity index (χ1) is 11.8.